The molecule has 8 heteroatoms. The number of likely N-dealkylation sites (tertiary alicyclic amines) is 1. The minimum atomic E-state index is -0.737. The molecule has 0 aromatic heterocycles. The van der Waals surface area contributed by atoms with Gasteiger partial charge in [-0.1, -0.05) is 33.8 Å². The number of likely N-dealkylation sites (N-methyl/N-ethyl adjacent to an activating group) is 1. The second kappa shape index (κ2) is 15.5. The van der Waals surface area contributed by atoms with Crippen molar-refractivity contribution in [3.8, 4) is 11.5 Å². The highest BCUT2D eigenvalue weighted by atomic mass is 16.5. The van der Waals surface area contributed by atoms with Crippen LogP contribution in [0.2, 0.25) is 0 Å². The zero-order valence-corrected chi connectivity index (χ0v) is 24.0. The minimum absolute atomic E-state index is 0.0241. The third-order valence-corrected chi connectivity index (χ3v) is 7.54. The molecule has 37 heavy (non-hydrogen) atoms. The normalized spacial score (nSPS) is 17.8. The molecule has 1 aromatic rings. The number of methoxy groups -OCH3 is 2. The van der Waals surface area contributed by atoms with Gasteiger partial charge in [0.05, 0.1) is 25.9 Å². The van der Waals surface area contributed by atoms with Crippen LogP contribution >= 0.6 is 0 Å². The Morgan fingerprint density at radius 2 is 1.81 bits per heavy atom. The molecule has 0 aliphatic carbocycles. The summed E-state index contributed by atoms with van der Waals surface area (Å²) in [6, 6.07) is 5.85. The van der Waals surface area contributed by atoms with Crippen LogP contribution in [0.5, 0.6) is 11.5 Å². The Hall–Kier alpha value is -1.87. The second-order valence-electron chi connectivity index (χ2n) is 11.4. The number of carbonyl (C=O) groups excluding carboxylic acids is 1. The van der Waals surface area contributed by atoms with Gasteiger partial charge < -0.3 is 35.3 Å². The van der Waals surface area contributed by atoms with Gasteiger partial charge in [0.15, 0.2) is 11.5 Å². The van der Waals surface area contributed by atoms with Gasteiger partial charge >= 0.3 is 0 Å². The molecular weight excluding hydrogens is 470 g/mol. The molecular formula is C29H51N3O5. The molecule has 1 amide bonds. The van der Waals surface area contributed by atoms with E-state index in [4.69, 9.17) is 19.9 Å². The molecule has 4 unspecified atom stereocenters. The fraction of sp³-hybridized carbons (Fsp3) is 0.759. The number of ether oxygens (including phenoxy) is 3. The van der Waals surface area contributed by atoms with E-state index in [1.54, 1.807) is 14.2 Å². The third kappa shape index (κ3) is 10.1. The zero-order chi connectivity index (χ0) is 27.5. The average Bonchev–Trinajstić information content (AvgIpc) is 2.83. The number of aliphatic hydroxyl groups is 1. The maximum Gasteiger partial charge on any atom is 0.223 e. The lowest BCUT2D eigenvalue weighted by Crippen LogP contribution is -2.59. The van der Waals surface area contributed by atoms with Crippen molar-refractivity contribution < 1.29 is 24.1 Å². The molecule has 1 heterocycles. The van der Waals surface area contributed by atoms with E-state index in [1.807, 2.05) is 33.0 Å². The highest BCUT2D eigenvalue weighted by molar-refractivity contribution is 5.79. The first-order valence-electron chi connectivity index (χ1n) is 13.8. The number of carbonyl (C=O) groups is 1. The Morgan fingerprint density at radius 3 is 2.38 bits per heavy atom. The number of amides is 1. The quantitative estimate of drug-likeness (QED) is 0.271. The molecule has 0 saturated carbocycles. The number of aliphatic hydroxyl groups excluding tert-OH is 1. The van der Waals surface area contributed by atoms with E-state index >= 15 is 0 Å². The van der Waals surface area contributed by atoms with Gasteiger partial charge in [0.1, 0.15) is 0 Å². The van der Waals surface area contributed by atoms with Crippen molar-refractivity contribution in [3.05, 3.63) is 23.8 Å². The van der Waals surface area contributed by atoms with Gasteiger partial charge in [0, 0.05) is 45.2 Å². The van der Waals surface area contributed by atoms with Crippen molar-refractivity contribution in [2.24, 2.45) is 29.4 Å². The third-order valence-electron chi connectivity index (χ3n) is 7.54. The first-order chi connectivity index (χ1) is 17.5. The van der Waals surface area contributed by atoms with E-state index in [2.05, 4.69) is 30.1 Å². The smallest absolute Gasteiger partial charge is 0.223 e. The lowest BCUT2D eigenvalue weighted by Gasteiger charge is -2.38. The Labute approximate surface area is 224 Å². The number of nitrogens with zero attached hydrogens (tertiary/aromatic N) is 1. The number of nitrogens with one attached hydrogen (secondary N) is 1. The summed E-state index contributed by atoms with van der Waals surface area (Å²) in [5, 5.41) is 14.2. The first-order valence-corrected chi connectivity index (χ1v) is 13.8. The first kappa shape index (κ1) is 31.3. The van der Waals surface area contributed by atoms with Gasteiger partial charge in [-0.15, -0.1) is 0 Å². The molecule has 4 N–H and O–H groups in total. The van der Waals surface area contributed by atoms with Crippen molar-refractivity contribution >= 4 is 5.91 Å². The van der Waals surface area contributed by atoms with Crippen LogP contribution < -0.4 is 20.5 Å². The van der Waals surface area contributed by atoms with Crippen LogP contribution in [0.1, 0.15) is 52.5 Å². The summed E-state index contributed by atoms with van der Waals surface area (Å²) in [6.45, 7) is 11.4. The van der Waals surface area contributed by atoms with E-state index in [9.17, 15) is 9.90 Å². The van der Waals surface area contributed by atoms with Crippen LogP contribution in [0.4, 0.5) is 0 Å². The molecule has 1 aliphatic heterocycles. The van der Waals surface area contributed by atoms with Crippen LogP contribution in [0.15, 0.2) is 18.2 Å². The van der Waals surface area contributed by atoms with E-state index in [0.717, 1.165) is 37.2 Å². The van der Waals surface area contributed by atoms with Crippen molar-refractivity contribution in [2.75, 3.05) is 47.6 Å². The van der Waals surface area contributed by atoms with Crippen molar-refractivity contribution in [2.45, 2.75) is 71.6 Å². The van der Waals surface area contributed by atoms with Crippen molar-refractivity contribution in [3.63, 3.8) is 0 Å². The molecule has 1 aliphatic rings. The maximum atomic E-state index is 12.9. The summed E-state index contributed by atoms with van der Waals surface area (Å²) in [6.07, 6.45) is 1.94. The van der Waals surface area contributed by atoms with Crippen molar-refractivity contribution in [1.82, 2.24) is 10.2 Å². The van der Waals surface area contributed by atoms with E-state index in [-0.39, 0.29) is 29.7 Å². The number of benzene rings is 1. The number of rotatable bonds is 17. The molecule has 2 rings (SSSR count). The van der Waals surface area contributed by atoms with Gasteiger partial charge in [0.2, 0.25) is 5.91 Å². The summed E-state index contributed by atoms with van der Waals surface area (Å²) in [5.41, 5.74) is 7.69. The molecule has 1 fully saturated rings. The van der Waals surface area contributed by atoms with Crippen LogP contribution in [-0.4, -0.2) is 81.7 Å². The van der Waals surface area contributed by atoms with Crippen LogP contribution in [0, 0.1) is 23.7 Å². The Bertz CT molecular complexity index is 813. The Balaban J connectivity index is 1.99. The standard InChI is InChI=1S/C29H51N3O5/c1-19(2)22(13-21-9-10-27(36-7)28(14-21)37-12-8-11-35-6)15-25(30)26(33)16-24(20(3)4)29(34)31-23-17-32(5)18-23/h9-10,14,19-20,22-26,33H,8,11-13,15-18,30H2,1-7H3,(H,31,34). The number of nitrogens with two attached hydrogens (primary N) is 1. The van der Waals surface area contributed by atoms with Gasteiger partial charge in [-0.05, 0) is 61.8 Å². The van der Waals surface area contributed by atoms with E-state index in [1.165, 1.54) is 0 Å². The SMILES string of the molecule is COCCCOc1cc(CC(CC(N)C(O)CC(C(=O)NC2CN(C)C2)C(C)C)C(C)C)ccc1OC. The topological polar surface area (TPSA) is 106 Å². The molecule has 0 bridgehead atoms. The van der Waals surface area contributed by atoms with Crippen LogP contribution in [0.25, 0.3) is 0 Å². The summed E-state index contributed by atoms with van der Waals surface area (Å²) in [4.78, 5) is 15.1. The van der Waals surface area contributed by atoms with Gasteiger partial charge in [-0.25, -0.2) is 0 Å². The minimum Gasteiger partial charge on any atom is -0.493 e. The van der Waals surface area contributed by atoms with Crippen LogP contribution in [-0.2, 0) is 16.0 Å². The van der Waals surface area contributed by atoms with Gasteiger partial charge in [-0.3, -0.25) is 4.79 Å². The highest BCUT2D eigenvalue weighted by Gasteiger charge is 2.32. The predicted molar refractivity (Wildman–Crippen MR) is 148 cm³/mol. The molecule has 4 atom stereocenters. The monoisotopic (exact) mass is 521 g/mol. The van der Waals surface area contributed by atoms with Gasteiger partial charge in [-0.2, -0.15) is 0 Å². The van der Waals surface area contributed by atoms with Crippen molar-refractivity contribution in [1.29, 1.82) is 0 Å². The summed E-state index contributed by atoms with van der Waals surface area (Å²) in [7, 11) is 5.36. The number of hydrogen-bond donors (Lipinski definition) is 3. The number of hydrogen-bond acceptors (Lipinski definition) is 7. The molecule has 1 saturated heterocycles. The summed E-state index contributed by atoms with van der Waals surface area (Å²) >= 11 is 0. The molecule has 0 spiro atoms. The average molecular weight is 522 g/mol. The fourth-order valence-corrected chi connectivity index (χ4v) is 4.96. The molecule has 0 radical (unpaired) electrons. The Kier molecular flexibility index (Phi) is 13.1. The lowest BCUT2D eigenvalue weighted by molar-refractivity contribution is -0.129. The Morgan fingerprint density at radius 1 is 1.11 bits per heavy atom. The maximum absolute atomic E-state index is 12.9. The summed E-state index contributed by atoms with van der Waals surface area (Å²) in [5.74, 6) is 1.98. The second-order valence-corrected chi connectivity index (χ2v) is 11.4. The van der Waals surface area contributed by atoms with E-state index in [0.29, 0.717) is 37.7 Å². The van der Waals surface area contributed by atoms with E-state index < -0.39 is 12.1 Å². The molecule has 8 nitrogen and oxygen atoms in total. The van der Waals surface area contributed by atoms with Gasteiger partial charge in [0.25, 0.3) is 0 Å². The molecule has 1 aromatic carbocycles. The highest BCUT2D eigenvalue weighted by Crippen LogP contribution is 2.32. The molecule has 212 valence electrons. The lowest BCUT2D eigenvalue weighted by atomic mass is 9.80. The predicted octanol–water partition coefficient (Wildman–Crippen LogP) is 3.10. The zero-order valence-electron chi connectivity index (χ0n) is 24.0. The van der Waals surface area contributed by atoms with Crippen LogP contribution in [0.3, 0.4) is 0 Å². The summed E-state index contributed by atoms with van der Waals surface area (Å²) < 4.78 is 16.5. The largest absolute Gasteiger partial charge is 0.493 e. The fourth-order valence-electron chi connectivity index (χ4n) is 4.96.